The monoisotopic (exact) mass is 604 g/mol. The summed E-state index contributed by atoms with van der Waals surface area (Å²) < 4.78 is 22.6. The zero-order chi connectivity index (χ0) is 29.3. The third kappa shape index (κ3) is 6.15. The molecule has 3 N–H and O–H groups in total. The molecule has 3 unspecified atom stereocenters. The van der Waals surface area contributed by atoms with Crippen LogP contribution in [-0.2, 0) is 9.47 Å². The molecule has 0 bridgehead atoms. The molecule has 11 nitrogen and oxygen atoms in total. The molecule has 0 spiro atoms. The first-order valence-electron chi connectivity index (χ1n) is 13.3. The van der Waals surface area contributed by atoms with Crippen LogP contribution < -0.4 is 25.0 Å². The Hall–Kier alpha value is -2.93. The molecule has 2 aromatic heterocycles. The average molecular weight is 606 g/mol. The van der Waals surface area contributed by atoms with Crippen molar-refractivity contribution in [1.82, 2.24) is 20.3 Å². The first-order valence-corrected chi connectivity index (χ1v) is 14.1. The minimum Gasteiger partial charge on any atom is -0.495 e. The van der Waals surface area contributed by atoms with Gasteiger partial charge in [0.25, 0.3) is 0 Å². The molecule has 0 amide bonds. The van der Waals surface area contributed by atoms with Gasteiger partial charge in [-0.05, 0) is 26.0 Å². The summed E-state index contributed by atoms with van der Waals surface area (Å²) >= 11 is 13.5. The maximum atomic E-state index is 10.00. The summed E-state index contributed by atoms with van der Waals surface area (Å²) in [4.78, 5) is 16.7. The van der Waals surface area contributed by atoms with E-state index in [-0.39, 0.29) is 34.3 Å². The van der Waals surface area contributed by atoms with Crippen molar-refractivity contribution in [3.63, 3.8) is 0 Å². The molecule has 2 aliphatic heterocycles. The highest BCUT2D eigenvalue weighted by Crippen LogP contribution is 2.46. The molecule has 13 heteroatoms. The maximum absolute atomic E-state index is 10.00. The number of hydrogen-bond donors (Lipinski definition) is 3. The number of nitrogens with one attached hydrogen (secondary N) is 2. The summed E-state index contributed by atoms with van der Waals surface area (Å²) in [6, 6.07) is 3.30. The summed E-state index contributed by atoms with van der Waals surface area (Å²) in [6.45, 7) is 9.86. The van der Waals surface area contributed by atoms with Crippen molar-refractivity contribution in [3.8, 4) is 22.9 Å². The van der Waals surface area contributed by atoms with Crippen molar-refractivity contribution in [2.24, 2.45) is 0 Å². The number of aliphatic hydroxyl groups is 1. The van der Waals surface area contributed by atoms with E-state index in [2.05, 4.69) is 27.1 Å². The van der Waals surface area contributed by atoms with Gasteiger partial charge in [0.1, 0.15) is 29.4 Å². The fourth-order valence-corrected chi connectivity index (χ4v) is 5.89. The number of halogens is 2. The van der Waals surface area contributed by atoms with Crippen LogP contribution in [0.1, 0.15) is 13.8 Å². The SMILES string of the molecule is C=CC(O)N[C@H]1COC[C@H]1Nc1cc2c(N3CC(C)OC(C)C3)nc(-c3c(Cl)c(OC)cc(OC)c3Cl)nc2cn1. The number of hydrogen-bond acceptors (Lipinski definition) is 11. The minimum atomic E-state index is -0.840. The number of ether oxygens (including phenoxy) is 4. The standard InChI is InChI=1S/C28H34Cl2N6O5/c1-6-23(37)33-19-13-40-12-18(19)32-22-7-16-17(9-31-22)34-27(35-28(16)36-10-14(2)41-15(3)11-36)24-25(29)20(38-4)8-21(39-5)26(24)30/h6-9,14-15,18-19,23,33,37H,1,10-13H2,2-5H3,(H,31,32)/t14?,15?,18-,19+,23?/m1/s1. The average Bonchev–Trinajstić information content (AvgIpc) is 3.38. The van der Waals surface area contributed by atoms with E-state index < -0.39 is 6.23 Å². The van der Waals surface area contributed by atoms with Gasteiger partial charge in [0, 0.05) is 24.5 Å². The van der Waals surface area contributed by atoms with E-state index >= 15 is 0 Å². The van der Waals surface area contributed by atoms with Crippen LogP contribution >= 0.6 is 23.2 Å². The first-order chi connectivity index (χ1) is 19.7. The number of nitrogens with zero attached hydrogens (tertiary/aromatic N) is 4. The van der Waals surface area contributed by atoms with Gasteiger partial charge in [-0.15, -0.1) is 0 Å². The van der Waals surface area contributed by atoms with Crippen LogP contribution in [-0.4, -0.2) is 91.1 Å². The van der Waals surface area contributed by atoms with Gasteiger partial charge < -0.3 is 34.3 Å². The van der Waals surface area contributed by atoms with Crippen LogP contribution in [0.25, 0.3) is 22.3 Å². The second kappa shape index (κ2) is 12.5. The van der Waals surface area contributed by atoms with E-state index in [0.717, 1.165) is 5.39 Å². The normalized spacial score (nSPS) is 23.4. The second-order valence-electron chi connectivity index (χ2n) is 10.1. The van der Waals surface area contributed by atoms with E-state index in [1.165, 1.54) is 20.3 Å². The third-order valence-electron chi connectivity index (χ3n) is 7.10. The number of anilines is 2. The Labute approximate surface area is 248 Å². The fourth-order valence-electron chi connectivity index (χ4n) is 5.22. The summed E-state index contributed by atoms with van der Waals surface area (Å²) in [5, 5.41) is 17.9. The molecule has 2 saturated heterocycles. The first kappa shape index (κ1) is 29.6. The van der Waals surface area contributed by atoms with Crippen LogP contribution in [0.15, 0.2) is 31.0 Å². The van der Waals surface area contributed by atoms with Crippen molar-refractivity contribution in [2.45, 2.75) is 44.4 Å². The molecule has 2 fully saturated rings. The van der Waals surface area contributed by atoms with Gasteiger partial charge in [-0.25, -0.2) is 15.0 Å². The molecule has 0 saturated carbocycles. The van der Waals surface area contributed by atoms with Crippen LogP contribution in [0.5, 0.6) is 11.5 Å². The number of rotatable bonds is 9. The van der Waals surface area contributed by atoms with Crippen LogP contribution in [0, 0.1) is 0 Å². The number of benzene rings is 1. The molecule has 5 rings (SSSR count). The lowest BCUT2D eigenvalue weighted by molar-refractivity contribution is -0.00536. The molecule has 0 radical (unpaired) electrons. The quantitative estimate of drug-likeness (QED) is 0.243. The van der Waals surface area contributed by atoms with Crippen molar-refractivity contribution in [3.05, 3.63) is 41.0 Å². The molecule has 220 valence electrons. The topological polar surface area (TPSA) is 123 Å². The van der Waals surface area contributed by atoms with Gasteiger partial charge in [0.05, 0.1) is 79.0 Å². The second-order valence-corrected chi connectivity index (χ2v) is 10.9. The van der Waals surface area contributed by atoms with Crippen molar-refractivity contribution < 1.29 is 24.1 Å². The van der Waals surface area contributed by atoms with Gasteiger partial charge in [0.2, 0.25) is 0 Å². The molecule has 41 heavy (non-hydrogen) atoms. The van der Waals surface area contributed by atoms with Crippen LogP contribution in [0.3, 0.4) is 0 Å². The van der Waals surface area contributed by atoms with Crippen molar-refractivity contribution in [2.75, 3.05) is 50.7 Å². The van der Waals surface area contributed by atoms with E-state index in [9.17, 15) is 5.11 Å². The summed E-state index contributed by atoms with van der Waals surface area (Å²) in [5.74, 6) is 2.43. The van der Waals surface area contributed by atoms with Crippen LogP contribution in [0.2, 0.25) is 10.0 Å². The predicted octanol–water partition coefficient (Wildman–Crippen LogP) is 3.90. The highest BCUT2D eigenvalue weighted by Gasteiger charge is 2.31. The molecule has 4 heterocycles. The van der Waals surface area contributed by atoms with Crippen molar-refractivity contribution >= 4 is 45.7 Å². The Morgan fingerprint density at radius 1 is 1.07 bits per heavy atom. The Morgan fingerprint density at radius 2 is 1.73 bits per heavy atom. The largest absolute Gasteiger partial charge is 0.495 e. The van der Waals surface area contributed by atoms with Gasteiger partial charge in [-0.3, -0.25) is 5.32 Å². The Balaban J connectivity index is 1.61. The highest BCUT2D eigenvalue weighted by atomic mass is 35.5. The number of aliphatic hydroxyl groups excluding tert-OH is 1. The molecule has 5 atom stereocenters. The lowest BCUT2D eigenvalue weighted by Crippen LogP contribution is -2.47. The Kier molecular flexibility index (Phi) is 9.03. The smallest absolute Gasteiger partial charge is 0.165 e. The van der Waals surface area contributed by atoms with Crippen LogP contribution in [0.4, 0.5) is 11.6 Å². The third-order valence-corrected chi connectivity index (χ3v) is 7.85. The van der Waals surface area contributed by atoms with E-state index in [4.69, 9.17) is 52.1 Å². The molecule has 2 aliphatic rings. The molecule has 0 aliphatic carbocycles. The minimum absolute atomic E-state index is 0.00510. The van der Waals surface area contributed by atoms with Crippen molar-refractivity contribution in [1.29, 1.82) is 0 Å². The van der Waals surface area contributed by atoms with Gasteiger partial charge in [-0.2, -0.15) is 0 Å². The zero-order valence-corrected chi connectivity index (χ0v) is 24.9. The predicted molar refractivity (Wildman–Crippen MR) is 159 cm³/mol. The summed E-state index contributed by atoms with van der Waals surface area (Å²) in [6.07, 6.45) is 2.28. The van der Waals surface area contributed by atoms with E-state index in [1.54, 1.807) is 12.3 Å². The summed E-state index contributed by atoms with van der Waals surface area (Å²) in [7, 11) is 3.04. The van der Waals surface area contributed by atoms with Gasteiger partial charge in [-0.1, -0.05) is 29.8 Å². The molecule has 1 aromatic carbocycles. The summed E-state index contributed by atoms with van der Waals surface area (Å²) in [5.41, 5.74) is 1.01. The fraction of sp³-hybridized carbons (Fsp3) is 0.464. The molecule has 3 aromatic rings. The number of fused-ring (bicyclic) bond motifs is 1. The molecular formula is C28H34Cl2N6O5. The Bertz CT molecular complexity index is 1390. The number of pyridine rings is 1. The van der Waals surface area contributed by atoms with E-state index in [1.807, 2.05) is 19.9 Å². The van der Waals surface area contributed by atoms with Gasteiger partial charge in [0.15, 0.2) is 5.82 Å². The number of methoxy groups -OCH3 is 2. The zero-order valence-electron chi connectivity index (χ0n) is 23.4. The number of morpholine rings is 1. The van der Waals surface area contributed by atoms with E-state index in [0.29, 0.717) is 66.3 Å². The maximum Gasteiger partial charge on any atom is 0.165 e. The lowest BCUT2D eigenvalue weighted by atomic mass is 10.1. The van der Waals surface area contributed by atoms with Gasteiger partial charge >= 0.3 is 0 Å². The highest BCUT2D eigenvalue weighted by molar-refractivity contribution is 6.41. The lowest BCUT2D eigenvalue weighted by Gasteiger charge is -2.36. The number of aromatic nitrogens is 3. The molecular weight excluding hydrogens is 571 g/mol. The Morgan fingerprint density at radius 3 is 2.37 bits per heavy atom.